The summed E-state index contributed by atoms with van der Waals surface area (Å²) >= 11 is 6.18. The molecule has 0 fully saturated rings. The first-order valence-corrected chi connectivity index (χ1v) is 8.51. The highest BCUT2D eigenvalue weighted by atomic mass is 35.5. The summed E-state index contributed by atoms with van der Waals surface area (Å²) in [6.07, 6.45) is -3.69. The van der Waals surface area contributed by atoms with Gasteiger partial charge < -0.3 is 20.1 Å². The van der Waals surface area contributed by atoms with Crippen LogP contribution in [0.2, 0.25) is 5.02 Å². The van der Waals surface area contributed by atoms with E-state index in [0.29, 0.717) is 31.1 Å². The van der Waals surface area contributed by atoms with Crippen molar-refractivity contribution in [2.45, 2.75) is 12.6 Å². The third-order valence-corrected chi connectivity index (χ3v) is 4.00. The molecule has 1 heterocycles. The van der Waals surface area contributed by atoms with Crippen molar-refractivity contribution in [2.75, 3.05) is 30.4 Å². The molecule has 0 spiro atoms. The van der Waals surface area contributed by atoms with Crippen molar-refractivity contribution in [1.29, 1.82) is 0 Å². The van der Waals surface area contributed by atoms with Gasteiger partial charge in [-0.15, -0.1) is 0 Å². The van der Waals surface area contributed by atoms with Crippen LogP contribution in [0.3, 0.4) is 0 Å². The lowest BCUT2D eigenvalue weighted by Crippen LogP contribution is -2.22. The Balaban J connectivity index is 1.80. The van der Waals surface area contributed by atoms with Gasteiger partial charge in [-0.25, -0.2) is 0 Å². The second-order valence-electron chi connectivity index (χ2n) is 5.80. The van der Waals surface area contributed by atoms with E-state index < -0.39 is 18.6 Å². The van der Waals surface area contributed by atoms with Crippen LogP contribution in [-0.4, -0.2) is 31.8 Å². The Morgan fingerprint density at radius 1 is 1.11 bits per heavy atom. The Hall–Kier alpha value is -2.61. The normalized spacial score (nSPS) is 13.6. The predicted molar refractivity (Wildman–Crippen MR) is 96.0 cm³/mol. The summed E-state index contributed by atoms with van der Waals surface area (Å²) < 4.78 is 48.4. The monoisotopic (exact) mass is 400 g/mol. The molecule has 0 unspecified atom stereocenters. The van der Waals surface area contributed by atoms with Gasteiger partial charge in [0.15, 0.2) is 11.5 Å². The van der Waals surface area contributed by atoms with E-state index >= 15 is 0 Å². The van der Waals surface area contributed by atoms with Gasteiger partial charge in [0.05, 0.1) is 29.6 Å². The number of alkyl halides is 3. The molecule has 0 saturated heterocycles. The summed E-state index contributed by atoms with van der Waals surface area (Å²) in [6.45, 7) is -0.329. The topological polar surface area (TPSA) is 59.6 Å². The Bertz CT molecular complexity index is 843. The molecule has 2 aromatic carbocycles. The molecule has 144 valence electrons. The second kappa shape index (κ2) is 7.96. The van der Waals surface area contributed by atoms with Crippen molar-refractivity contribution in [3.8, 4) is 11.5 Å². The molecule has 0 saturated carbocycles. The molecule has 0 radical (unpaired) electrons. The van der Waals surface area contributed by atoms with Gasteiger partial charge in [-0.1, -0.05) is 23.7 Å². The fraction of sp³-hybridized carbons (Fsp3) is 0.278. The standard InChI is InChI=1S/C18H16ClF3N2O3/c19-12-8-11(9-15-16(12)27-7-3-6-26-15)17(25)24-14-5-2-1-4-13(14)23-10-18(20,21)22/h1-2,4-5,8-9,23H,3,6-7,10H2,(H,24,25). The number of para-hydroxylation sites is 2. The lowest BCUT2D eigenvalue weighted by Gasteiger charge is -2.15. The van der Waals surface area contributed by atoms with Crippen molar-refractivity contribution in [1.82, 2.24) is 0 Å². The summed E-state index contributed by atoms with van der Waals surface area (Å²) in [7, 11) is 0. The van der Waals surface area contributed by atoms with Gasteiger partial charge in [0.2, 0.25) is 0 Å². The Kier molecular flexibility index (Phi) is 5.65. The van der Waals surface area contributed by atoms with Crippen LogP contribution < -0.4 is 20.1 Å². The molecule has 3 rings (SSSR count). The van der Waals surface area contributed by atoms with Gasteiger partial charge >= 0.3 is 6.18 Å². The molecule has 0 aliphatic carbocycles. The summed E-state index contributed by atoms with van der Waals surface area (Å²) in [5.41, 5.74) is 0.577. The lowest BCUT2D eigenvalue weighted by molar-refractivity contribution is -0.115. The van der Waals surface area contributed by atoms with Crippen LogP contribution in [0.1, 0.15) is 16.8 Å². The SMILES string of the molecule is O=C(Nc1ccccc1NCC(F)(F)F)c1cc(Cl)c2c(c1)OCCCO2. The highest BCUT2D eigenvalue weighted by Gasteiger charge is 2.27. The molecule has 5 nitrogen and oxygen atoms in total. The summed E-state index contributed by atoms with van der Waals surface area (Å²) in [5, 5.41) is 5.08. The maximum Gasteiger partial charge on any atom is 0.405 e. The van der Waals surface area contributed by atoms with E-state index in [1.807, 2.05) is 0 Å². The molecule has 1 aliphatic rings. The Labute approximate surface area is 158 Å². The molecule has 0 aromatic heterocycles. The van der Waals surface area contributed by atoms with Crippen LogP contribution in [0.4, 0.5) is 24.5 Å². The molecular formula is C18H16ClF3N2O3. The number of halogens is 4. The second-order valence-corrected chi connectivity index (χ2v) is 6.21. The van der Waals surface area contributed by atoms with Gasteiger partial charge in [0.1, 0.15) is 6.54 Å². The number of benzene rings is 2. The predicted octanol–water partition coefficient (Wildman–Crippen LogP) is 4.73. The first kappa shape index (κ1) is 19.2. The zero-order valence-electron chi connectivity index (χ0n) is 14.0. The van der Waals surface area contributed by atoms with E-state index in [2.05, 4.69) is 10.6 Å². The lowest BCUT2D eigenvalue weighted by atomic mass is 10.1. The summed E-state index contributed by atoms with van der Waals surface area (Å²) in [5.74, 6) is 0.195. The zero-order chi connectivity index (χ0) is 19.4. The zero-order valence-corrected chi connectivity index (χ0v) is 14.8. The fourth-order valence-electron chi connectivity index (χ4n) is 2.50. The molecular weight excluding hydrogens is 385 g/mol. The minimum absolute atomic E-state index is 0.156. The van der Waals surface area contributed by atoms with Crippen LogP contribution in [0, 0.1) is 0 Å². The molecule has 0 atom stereocenters. The quantitative estimate of drug-likeness (QED) is 0.779. The molecule has 1 aliphatic heterocycles. The largest absolute Gasteiger partial charge is 0.489 e. The molecule has 1 amide bonds. The van der Waals surface area contributed by atoms with E-state index in [4.69, 9.17) is 21.1 Å². The Morgan fingerprint density at radius 2 is 1.81 bits per heavy atom. The smallest absolute Gasteiger partial charge is 0.405 e. The number of rotatable bonds is 4. The number of nitrogens with one attached hydrogen (secondary N) is 2. The van der Waals surface area contributed by atoms with Crippen LogP contribution in [0.25, 0.3) is 0 Å². The van der Waals surface area contributed by atoms with Gasteiger partial charge in [-0.2, -0.15) is 13.2 Å². The number of fused-ring (bicyclic) bond motifs is 1. The number of carbonyl (C=O) groups is 1. The van der Waals surface area contributed by atoms with Gasteiger partial charge in [-0.05, 0) is 24.3 Å². The van der Waals surface area contributed by atoms with E-state index in [1.54, 1.807) is 12.1 Å². The average Bonchev–Trinajstić information content (AvgIpc) is 2.86. The van der Waals surface area contributed by atoms with Crippen molar-refractivity contribution in [3.05, 3.63) is 47.0 Å². The number of anilines is 2. The highest BCUT2D eigenvalue weighted by molar-refractivity contribution is 6.32. The first-order chi connectivity index (χ1) is 12.8. The molecule has 27 heavy (non-hydrogen) atoms. The third kappa shape index (κ3) is 4.97. The minimum atomic E-state index is -4.38. The van der Waals surface area contributed by atoms with Crippen molar-refractivity contribution in [2.24, 2.45) is 0 Å². The highest BCUT2D eigenvalue weighted by Crippen LogP contribution is 2.38. The molecule has 0 bridgehead atoms. The average molecular weight is 401 g/mol. The van der Waals surface area contributed by atoms with Crippen molar-refractivity contribution >= 4 is 28.9 Å². The minimum Gasteiger partial charge on any atom is -0.489 e. The number of amides is 1. The van der Waals surface area contributed by atoms with Crippen LogP contribution in [0.15, 0.2) is 36.4 Å². The van der Waals surface area contributed by atoms with E-state index in [9.17, 15) is 18.0 Å². The summed E-state index contributed by atoms with van der Waals surface area (Å²) in [6, 6.07) is 9.04. The van der Waals surface area contributed by atoms with Gasteiger partial charge in [-0.3, -0.25) is 4.79 Å². The number of carbonyl (C=O) groups excluding carboxylic acids is 1. The Morgan fingerprint density at radius 3 is 2.56 bits per heavy atom. The molecule has 2 N–H and O–H groups in total. The van der Waals surface area contributed by atoms with Crippen LogP contribution in [0.5, 0.6) is 11.5 Å². The maximum absolute atomic E-state index is 12.6. The van der Waals surface area contributed by atoms with E-state index in [-0.39, 0.29) is 22.0 Å². The first-order valence-electron chi connectivity index (χ1n) is 8.13. The van der Waals surface area contributed by atoms with E-state index in [0.717, 1.165) is 0 Å². The van der Waals surface area contributed by atoms with E-state index in [1.165, 1.54) is 24.3 Å². The molecule has 2 aromatic rings. The fourth-order valence-corrected chi connectivity index (χ4v) is 2.76. The molecule has 9 heteroatoms. The number of hydrogen-bond acceptors (Lipinski definition) is 4. The van der Waals surface area contributed by atoms with Gasteiger partial charge in [0, 0.05) is 12.0 Å². The van der Waals surface area contributed by atoms with Crippen LogP contribution in [-0.2, 0) is 0 Å². The number of hydrogen-bond donors (Lipinski definition) is 2. The number of ether oxygens (including phenoxy) is 2. The van der Waals surface area contributed by atoms with Crippen LogP contribution >= 0.6 is 11.6 Å². The van der Waals surface area contributed by atoms with Gasteiger partial charge in [0.25, 0.3) is 5.91 Å². The van der Waals surface area contributed by atoms with Crippen molar-refractivity contribution < 1.29 is 27.4 Å². The van der Waals surface area contributed by atoms with Crippen molar-refractivity contribution in [3.63, 3.8) is 0 Å². The third-order valence-electron chi connectivity index (χ3n) is 3.72. The summed E-state index contributed by atoms with van der Waals surface area (Å²) in [4.78, 5) is 12.6. The maximum atomic E-state index is 12.6.